The molecule has 0 amide bonds. The van der Waals surface area contributed by atoms with Crippen molar-refractivity contribution in [3.63, 3.8) is 0 Å². The van der Waals surface area contributed by atoms with Gasteiger partial charge in [0.25, 0.3) is 0 Å². The Bertz CT molecular complexity index is 405. The van der Waals surface area contributed by atoms with Gasteiger partial charge in [-0.25, -0.2) is 0 Å². The van der Waals surface area contributed by atoms with E-state index in [1.54, 1.807) is 7.11 Å². The maximum atomic E-state index is 8.74. The number of rotatable bonds is 8. The Morgan fingerprint density at radius 1 is 1.40 bits per heavy atom. The summed E-state index contributed by atoms with van der Waals surface area (Å²) in [5.41, 5.74) is 1.10. The molecule has 1 fully saturated rings. The lowest BCUT2D eigenvalue weighted by Gasteiger charge is -2.15. The minimum Gasteiger partial charge on any atom is -0.493 e. The monoisotopic (exact) mass is 281 g/mol. The van der Waals surface area contributed by atoms with Crippen LogP contribution in [0.25, 0.3) is 0 Å². The molecular weight excluding hydrogens is 258 g/mol. The van der Waals surface area contributed by atoms with Gasteiger partial charge in [0.15, 0.2) is 11.5 Å². The van der Waals surface area contributed by atoms with Crippen molar-refractivity contribution in [1.82, 2.24) is 5.32 Å². The van der Waals surface area contributed by atoms with E-state index in [0.29, 0.717) is 19.7 Å². The summed E-state index contributed by atoms with van der Waals surface area (Å²) in [7, 11) is 1.64. The molecule has 112 valence electrons. The summed E-state index contributed by atoms with van der Waals surface area (Å²) in [6.07, 6.45) is 2.37. The standard InChI is InChI=1S/C15H23NO4/c1-18-15-9-12(10-16-6-7-17)4-5-14(15)20-11-13-3-2-8-19-13/h4-5,9,13,16-17H,2-3,6-8,10-11H2,1H3. The van der Waals surface area contributed by atoms with Crippen molar-refractivity contribution in [3.05, 3.63) is 23.8 Å². The van der Waals surface area contributed by atoms with Crippen LogP contribution in [0.1, 0.15) is 18.4 Å². The summed E-state index contributed by atoms with van der Waals surface area (Å²) in [4.78, 5) is 0. The normalized spacial score (nSPS) is 18.2. The Hall–Kier alpha value is -1.30. The highest BCUT2D eigenvalue weighted by Gasteiger charge is 2.17. The van der Waals surface area contributed by atoms with Crippen molar-refractivity contribution in [2.24, 2.45) is 0 Å². The number of aliphatic hydroxyl groups excluding tert-OH is 1. The quantitative estimate of drug-likeness (QED) is 0.704. The summed E-state index contributed by atoms with van der Waals surface area (Å²) in [5.74, 6) is 1.47. The summed E-state index contributed by atoms with van der Waals surface area (Å²) in [5, 5.41) is 11.9. The lowest BCUT2D eigenvalue weighted by molar-refractivity contribution is 0.0669. The molecule has 1 heterocycles. The minimum atomic E-state index is 0.139. The first kappa shape index (κ1) is 15.1. The van der Waals surface area contributed by atoms with Crippen LogP contribution in [0.2, 0.25) is 0 Å². The molecule has 20 heavy (non-hydrogen) atoms. The molecule has 0 spiro atoms. The number of aliphatic hydroxyl groups is 1. The molecule has 1 unspecified atom stereocenters. The first-order valence-electron chi connectivity index (χ1n) is 7.06. The molecule has 1 aromatic rings. The average Bonchev–Trinajstić information content (AvgIpc) is 2.99. The van der Waals surface area contributed by atoms with Crippen LogP contribution in [-0.4, -0.2) is 44.7 Å². The summed E-state index contributed by atoms with van der Waals surface area (Å²) in [6.45, 7) is 2.82. The predicted molar refractivity (Wildman–Crippen MR) is 76.3 cm³/mol. The van der Waals surface area contributed by atoms with E-state index in [-0.39, 0.29) is 12.7 Å². The highest BCUT2D eigenvalue weighted by molar-refractivity contribution is 5.43. The molecule has 1 aromatic carbocycles. The van der Waals surface area contributed by atoms with E-state index in [9.17, 15) is 0 Å². The molecule has 1 saturated heterocycles. The molecule has 1 aliphatic rings. The highest BCUT2D eigenvalue weighted by Crippen LogP contribution is 2.28. The molecule has 0 saturated carbocycles. The van der Waals surface area contributed by atoms with Gasteiger partial charge < -0.3 is 24.6 Å². The molecule has 0 aromatic heterocycles. The van der Waals surface area contributed by atoms with Crippen LogP contribution in [0, 0.1) is 0 Å². The molecular formula is C15H23NO4. The van der Waals surface area contributed by atoms with Gasteiger partial charge in [0.1, 0.15) is 6.61 Å². The fraction of sp³-hybridized carbons (Fsp3) is 0.600. The van der Waals surface area contributed by atoms with Gasteiger partial charge in [0.2, 0.25) is 0 Å². The van der Waals surface area contributed by atoms with Gasteiger partial charge in [-0.15, -0.1) is 0 Å². The average molecular weight is 281 g/mol. The largest absolute Gasteiger partial charge is 0.493 e. The number of ether oxygens (including phenoxy) is 3. The van der Waals surface area contributed by atoms with Crippen molar-refractivity contribution in [2.75, 3.05) is 33.5 Å². The third kappa shape index (κ3) is 4.37. The lowest BCUT2D eigenvalue weighted by atomic mass is 10.2. The van der Waals surface area contributed by atoms with Crippen LogP contribution in [-0.2, 0) is 11.3 Å². The van der Waals surface area contributed by atoms with Gasteiger partial charge >= 0.3 is 0 Å². The molecule has 5 heteroatoms. The van der Waals surface area contributed by atoms with E-state index in [4.69, 9.17) is 19.3 Å². The van der Waals surface area contributed by atoms with Crippen molar-refractivity contribution >= 4 is 0 Å². The van der Waals surface area contributed by atoms with Crippen LogP contribution in [0.3, 0.4) is 0 Å². The zero-order chi connectivity index (χ0) is 14.2. The van der Waals surface area contributed by atoms with Crippen LogP contribution in [0.15, 0.2) is 18.2 Å². The number of benzene rings is 1. The lowest BCUT2D eigenvalue weighted by Crippen LogP contribution is -2.18. The molecule has 2 rings (SSSR count). The third-order valence-electron chi connectivity index (χ3n) is 3.29. The second-order valence-corrected chi connectivity index (χ2v) is 4.83. The van der Waals surface area contributed by atoms with Gasteiger partial charge in [0, 0.05) is 19.7 Å². The Labute approximate surface area is 119 Å². The second kappa shape index (κ2) is 8.09. The zero-order valence-electron chi connectivity index (χ0n) is 11.9. The zero-order valence-corrected chi connectivity index (χ0v) is 11.9. The smallest absolute Gasteiger partial charge is 0.161 e. The van der Waals surface area contributed by atoms with Crippen molar-refractivity contribution in [2.45, 2.75) is 25.5 Å². The van der Waals surface area contributed by atoms with Gasteiger partial charge in [-0.1, -0.05) is 6.07 Å². The van der Waals surface area contributed by atoms with Crippen LogP contribution < -0.4 is 14.8 Å². The topological polar surface area (TPSA) is 60.0 Å². The molecule has 0 radical (unpaired) electrons. The molecule has 0 aliphatic carbocycles. The van der Waals surface area contributed by atoms with Gasteiger partial charge in [-0.2, -0.15) is 0 Å². The van der Waals surface area contributed by atoms with E-state index in [1.807, 2.05) is 18.2 Å². The fourth-order valence-electron chi connectivity index (χ4n) is 2.21. The molecule has 1 atom stereocenters. The maximum absolute atomic E-state index is 8.74. The maximum Gasteiger partial charge on any atom is 0.161 e. The van der Waals surface area contributed by atoms with Crippen LogP contribution in [0.4, 0.5) is 0 Å². The van der Waals surface area contributed by atoms with Crippen LogP contribution in [0.5, 0.6) is 11.5 Å². The van der Waals surface area contributed by atoms with Crippen LogP contribution >= 0.6 is 0 Å². The number of hydrogen-bond acceptors (Lipinski definition) is 5. The van der Waals surface area contributed by atoms with E-state index in [1.165, 1.54) is 0 Å². The minimum absolute atomic E-state index is 0.139. The first-order chi connectivity index (χ1) is 9.83. The fourth-order valence-corrected chi connectivity index (χ4v) is 2.21. The summed E-state index contributed by atoms with van der Waals surface area (Å²) in [6, 6.07) is 5.87. The highest BCUT2D eigenvalue weighted by atomic mass is 16.5. The first-order valence-corrected chi connectivity index (χ1v) is 7.06. The van der Waals surface area contributed by atoms with Crippen molar-refractivity contribution < 1.29 is 19.3 Å². The number of hydrogen-bond donors (Lipinski definition) is 2. The van der Waals surface area contributed by atoms with Crippen molar-refractivity contribution in [3.8, 4) is 11.5 Å². The molecule has 0 bridgehead atoms. The molecule has 5 nitrogen and oxygen atoms in total. The summed E-state index contributed by atoms with van der Waals surface area (Å²) >= 11 is 0. The Balaban J connectivity index is 1.90. The van der Waals surface area contributed by atoms with E-state index in [0.717, 1.165) is 36.5 Å². The Morgan fingerprint density at radius 2 is 2.30 bits per heavy atom. The van der Waals surface area contributed by atoms with E-state index < -0.39 is 0 Å². The van der Waals surface area contributed by atoms with Gasteiger partial charge in [-0.3, -0.25) is 0 Å². The summed E-state index contributed by atoms with van der Waals surface area (Å²) < 4.78 is 16.7. The SMILES string of the molecule is COc1cc(CNCCO)ccc1OCC1CCCO1. The van der Waals surface area contributed by atoms with E-state index >= 15 is 0 Å². The van der Waals surface area contributed by atoms with Gasteiger partial charge in [-0.05, 0) is 30.5 Å². The van der Waals surface area contributed by atoms with E-state index in [2.05, 4.69) is 5.32 Å². The number of nitrogens with one attached hydrogen (secondary N) is 1. The molecule has 1 aliphatic heterocycles. The molecule has 2 N–H and O–H groups in total. The van der Waals surface area contributed by atoms with Crippen molar-refractivity contribution in [1.29, 1.82) is 0 Å². The number of methoxy groups -OCH3 is 1. The Kier molecular flexibility index (Phi) is 6.11. The predicted octanol–water partition coefficient (Wildman–Crippen LogP) is 1.33. The third-order valence-corrected chi connectivity index (χ3v) is 3.29. The van der Waals surface area contributed by atoms with Gasteiger partial charge in [0.05, 0.1) is 19.8 Å². The second-order valence-electron chi connectivity index (χ2n) is 4.83. The Morgan fingerprint density at radius 3 is 3.00 bits per heavy atom.